The van der Waals surface area contributed by atoms with Crippen molar-refractivity contribution in [3.05, 3.63) is 42.0 Å². The highest BCUT2D eigenvalue weighted by atomic mass is 16.5. The lowest BCUT2D eigenvalue weighted by Crippen LogP contribution is -2.03. The second-order valence-electron chi connectivity index (χ2n) is 3.64. The van der Waals surface area contributed by atoms with E-state index in [0.29, 0.717) is 11.3 Å². The first kappa shape index (κ1) is 14.2. The van der Waals surface area contributed by atoms with Crippen LogP contribution in [0.15, 0.2) is 36.4 Å². The van der Waals surface area contributed by atoms with Gasteiger partial charge in [-0.05, 0) is 24.1 Å². The van der Waals surface area contributed by atoms with Gasteiger partial charge in [0.05, 0.1) is 12.7 Å². The van der Waals surface area contributed by atoms with E-state index in [1.54, 1.807) is 24.3 Å². The zero-order chi connectivity index (χ0) is 13.4. The zero-order valence-corrected chi connectivity index (χ0v) is 9.82. The van der Waals surface area contributed by atoms with Gasteiger partial charge in [0.25, 0.3) is 0 Å². The van der Waals surface area contributed by atoms with Gasteiger partial charge >= 0.3 is 5.97 Å². The number of aliphatic hydroxyl groups excluding tert-OH is 2. The fourth-order valence-corrected chi connectivity index (χ4v) is 1.41. The van der Waals surface area contributed by atoms with Gasteiger partial charge in [-0.1, -0.05) is 18.2 Å². The largest absolute Gasteiger partial charge is 0.491 e. The van der Waals surface area contributed by atoms with Crippen molar-refractivity contribution < 1.29 is 24.9 Å². The number of carboxylic acids is 1. The van der Waals surface area contributed by atoms with Gasteiger partial charge in [-0.15, -0.1) is 0 Å². The Bertz CT molecular complexity index is 414. The molecular formula is C13H16O5. The van der Waals surface area contributed by atoms with Crippen LogP contribution in [0.25, 0.3) is 0 Å². The minimum atomic E-state index is -1.04. The standard InChI is InChI=1S/C13H16O5/c14-7-8-18-11-4-1-3-10(9-11)12(15)5-2-6-13(16)17/h1-4,6,9,12,14-15H,5,7-8H2,(H,16,17)/b6-2+/t12-/m1/s1. The van der Waals surface area contributed by atoms with E-state index in [9.17, 15) is 9.90 Å². The Morgan fingerprint density at radius 2 is 2.22 bits per heavy atom. The third-order valence-electron chi connectivity index (χ3n) is 2.22. The molecular weight excluding hydrogens is 236 g/mol. The number of rotatable bonds is 7. The second kappa shape index (κ2) is 7.47. The van der Waals surface area contributed by atoms with E-state index in [1.165, 1.54) is 6.08 Å². The molecule has 0 aliphatic rings. The molecule has 0 spiro atoms. The van der Waals surface area contributed by atoms with Crippen molar-refractivity contribution in [1.29, 1.82) is 0 Å². The molecule has 5 heteroatoms. The molecule has 0 unspecified atom stereocenters. The highest BCUT2D eigenvalue weighted by molar-refractivity contribution is 5.79. The fraction of sp³-hybridized carbons (Fsp3) is 0.308. The number of carbonyl (C=O) groups is 1. The summed E-state index contributed by atoms with van der Waals surface area (Å²) < 4.78 is 5.22. The van der Waals surface area contributed by atoms with Crippen molar-refractivity contribution in [2.45, 2.75) is 12.5 Å². The summed E-state index contributed by atoms with van der Waals surface area (Å²) in [6.45, 7) is 0.118. The van der Waals surface area contributed by atoms with Gasteiger partial charge in [0.15, 0.2) is 0 Å². The summed E-state index contributed by atoms with van der Waals surface area (Å²) in [5.41, 5.74) is 0.639. The number of carboxylic acid groups (broad SMARTS) is 1. The number of aliphatic carboxylic acids is 1. The summed E-state index contributed by atoms with van der Waals surface area (Å²) in [5, 5.41) is 26.9. The first-order valence-electron chi connectivity index (χ1n) is 5.54. The van der Waals surface area contributed by atoms with Crippen LogP contribution in [0.5, 0.6) is 5.75 Å². The van der Waals surface area contributed by atoms with Crippen LogP contribution in [0.4, 0.5) is 0 Å². The molecule has 3 N–H and O–H groups in total. The van der Waals surface area contributed by atoms with Gasteiger partial charge in [-0.2, -0.15) is 0 Å². The van der Waals surface area contributed by atoms with Crippen molar-refractivity contribution in [3.63, 3.8) is 0 Å². The van der Waals surface area contributed by atoms with Crippen molar-refractivity contribution in [3.8, 4) is 5.75 Å². The average molecular weight is 252 g/mol. The molecule has 98 valence electrons. The Morgan fingerprint density at radius 1 is 1.44 bits per heavy atom. The fourth-order valence-electron chi connectivity index (χ4n) is 1.41. The molecule has 0 fully saturated rings. The molecule has 0 saturated carbocycles. The van der Waals surface area contributed by atoms with Crippen LogP contribution < -0.4 is 4.74 Å². The quantitative estimate of drug-likeness (QED) is 0.633. The third-order valence-corrected chi connectivity index (χ3v) is 2.22. The van der Waals surface area contributed by atoms with Crippen molar-refractivity contribution in [1.82, 2.24) is 0 Å². The van der Waals surface area contributed by atoms with Crippen molar-refractivity contribution in [2.75, 3.05) is 13.2 Å². The number of aliphatic hydroxyl groups is 2. The van der Waals surface area contributed by atoms with E-state index in [-0.39, 0.29) is 19.6 Å². The molecule has 1 rings (SSSR count). The topological polar surface area (TPSA) is 87.0 Å². The van der Waals surface area contributed by atoms with Gasteiger partial charge < -0.3 is 20.1 Å². The maximum Gasteiger partial charge on any atom is 0.327 e. The molecule has 0 saturated heterocycles. The van der Waals surface area contributed by atoms with E-state index in [0.717, 1.165) is 6.08 Å². The summed E-state index contributed by atoms with van der Waals surface area (Å²) in [6, 6.07) is 6.84. The lowest BCUT2D eigenvalue weighted by molar-refractivity contribution is -0.131. The normalized spacial score (nSPS) is 12.6. The van der Waals surface area contributed by atoms with Gasteiger partial charge in [0.1, 0.15) is 12.4 Å². The van der Waals surface area contributed by atoms with E-state index in [2.05, 4.69) is 0 Å². The van der Waals surface area contributed by atoms with E-state index < -0.39 is 12.1 Å². The van der Waals surface area contributed by atoms with Gasteiger partial charge in [0, 0.05) is 6.08 Å². The molecule has 0 amide bonds. The molecule has 0 aromatic heterocycles. The van der Waals surface area contributed by atoms with Crippen molar-refractivity contribution in [2.24, 2.45) is 0 Å². The molecule has 0 bridgehead atoms. The second-order valence-corrected chi connectivity index (χ2v) is 3.64. The van der Waals surface area contributed by atoms with Crippen LogP contribution in [-0.4, -0.2) is 34.5 Å². The Morgan fingerprint density at radius 3 is 2.89 bits per heavy atom. The zero-order valence-electron chi connectivity index (χ0n) is 9.82. The van der Waals surface area contributed by atoms with Crippen LogP contribution in [0.2, 0.25) is 0 Å². The number of hydrogen-bond donors (Lipinski definition) is 3. The highest BCUT2D eigenvalue weighted by Gasteiger charge is 2.06. The van der Waals surface area contributed by atoms with E-state index in [4.69, 9.17) is 14.9 Å². The number of ether oxygens (including phenoxy) is 1. The molecule has 1 atom stereocenters. The van der Waals surface area contributed by atoms with Crippen LogP contribution in [0.1, 0.15) is 18.1 Å². The van der Waals surface area contributed by atoms with Crippen LogP contribution in [-0.2, 0) is 4.79 Å². The maximum atomic E-state index is 10.3. The predicted octanol–water partition coefficient (Wildman–Crippen LogP) is 1.12. The molecule has 18 heavy (non-hydrogen) atoms. The molecule has 5 nitrogen and oxygen atoms in total. The lowest BCUT2D eigenvalue weighted by atomic mass is 10.1. The Balaban J connectivity index is 2.61. The minimum absolute atomic E-state index is 0.0753. The number of benzene rings is 1. The summed E-state index contributed by atoms with van der Waals surface area (Å²) in [4.78, 5) is 10.3. The summed E-state index contributed by atoms with van der Waals surface area (Å²) in [6.07, 6.45) is 1.83. The maximum absolute atomic E-state index is 10.3. The van der Waals surface area contributed by atoms with Crippen LogP contribution in [0.3, 0.4) is 0 Å². The molecule has 1 aromatic rings. The molecule has 0 aliphatic heterocycles. The van der Waals surface area contributed by atoms with Crippen molar-refractivity contribution >= 4 is 5.97 Å². The monoisotopic (exact) mass is 252 g/mol. The van der Waals surface area contributed by atoms with E-state index in [1.807, 2.05) is 0 Å². The lowest BCUT2D eigenvalue weighted by Gasteiger charge is -2.10. The summed E-state index contributed by atoms with van der Waals surface area (Å²) in [7, 11) is 0. The molecule has 0 heterocycles. The van der Waals surface area contributed by atoms with Crippen LogP contribution >= 0.6 is 0 Å². The first-order chi connectivity index (χ1) is 8.63. The Hall–Kier alpha value is -1.85. The number of hydrogen-bond acceptors (Lipinski definition) is 4. The SMILES string of the molecule is O=C(O)/C=C/C[C@@H](O)c1cccc(OCCO)c1. The Kier molecular flexibility index (Phi) is 5.90. The minimum Gasteiger partial charge on any atom is -0.491 e. The van der Waals surface area contributed by atoms with Crippen LogP contribution in [0, 0.1) is 0 Å². The summed E-state index contributed by atoms with van der Waals surface area (Å²) in [5.74, 6) is -0.481. The highest BCUT2D eigenvalue weighted by Crippen LogP contribution is 2.21. The third kappa shape index (κ3) is 4.99. The first-order valence-corrected chi connectivity index (χ1v) is 5.54. The molecule has 0 radical (unpaired) electrons. The van der Waals surface area contributed by atoms with Gasteiger partial charge in [0.2, 0.25) is 0 Å². The summed E-state index contributed by atoms with van der Waals surface area (Å²) >= 11 is 0. The Labute approximate surface area is 105 Å². The predicted molar refractivity (Wildman–Crippen MR) is 65.4 cm³/mol. The van der Waals surface area contributed by atoms with Gasteiger partial charge in [-0.25, -0.2) is 4.79 Å². The van der Waals surface area contributed by atoms with Gasteiger partial charge in [-0.3, -0.25) is 0 Å². The average Bonchev–Trinajstić information content (AvgIpc) is 2.36. The smallest absolute Gasteiger partial charge is 0.327 e. The molecule has 1 aromatic carbocycles. The van der Waals surface area contributed by atoms with E-state index >= 15 is 0 Å². The molecule has 0 aliphatic carbocycles.